The van der Waals surface area contributed by atoms with Gasteiger partial charge in [-0.05, 0) is 37.8 Å². The second-order valence-corrected chi connectivity index (χ2v) is 4.77. The van der Waals surface area contributed by atoms with Gasteiger partial charge in [-0.3, -0.25) is 0 Å². The quantitative estimate of drug-likeness (QED) is 0.783. The lowest BCUT2D eigenvalue weighted by molar-refractivity contribution is 0.263. The fourth-order valence-corrected chi connectivity index (χ4v) is 2.49. The molecule has 1 atom stereocenters. The second kappa shape index (κ2) is 5.96. The van der Waals surface area contributed by atoms with Gasteiger partial charge >= 0.3 is 0 Å². The van der Waals surface area contributed by atoms with E-state index in [4.69, 9.17) is 15.6 Å². The summed E-state index contributed by atoms with van der Waals surface area (Å²) in [5.41, 5.74) is 7.72. The van der Waals surface area contributed by atoms with Crippen molar-refractivity contribution in [3.8, 4) is 5.75 Å². The van der Waals surface area contributed by atoms with E-state index in [-0.39, 0.29) is 6.61 Å². The Morgan fingerprint density at radius 1 is 1.50 bits per heavy atom. The molecule has 1 heterocycles. The minimum atomic E-state index is 0.282. The Morgan fingerprint density at radius 3 is 3.06 bits per heavy atom. The van der Waals surface area contributed by atoms with Crippen molar-refractivity contribution in [2.75, 3.05) is 36.9 Å². The molecule has 0 bridgehead atoms. The third-order valence-electron chi connectivity index (χ3n) is 3.49. The van der Waals surface area contributed by atoms with Crippen molar-refractivity contribution in [3.05, 3.63) is 18.2 Å². The Bertz CT molecular complexity index is 395. The van der Waals surface area contributed by atoms with Crippen LogP contribution in [0.3, 0.4) is 0 Å². The summed E-state index contributed by atoms with van der Waals surface area (Å²) in [5.74, 6) is 1.36. The molecule has 4 nitrogen and oxygen atoms in total. The van der Waals surface area contributed by atoms with Crippen LogP contribution in [-0.2, 0) is 0 Å². The maximum atomic E-state index is 8.98. The van der Waals surface area contributed by atoms with Gasteiger partial charge in [-0.2, -0.15) is 0 Å². The van der Waals surface area contributed by atoms with Crippen LogP contribution in [0.5, 0.6) is 5.75 Å². The van der Waals surface area contributed by atoms with Gasteiger partial charge in [0.15, 0.2) is 0 Å². The lowest BCUT2D eigenvalue weighted by Crippen LogP contribution is -2.20. The molecule has 1 aliphatic heterocycles. The molecule has 100 valence electrons. The van der Waals surface area contributed by atoms with Gasteiger partial charge in [0.1, 0.15) is 5.75 Å². The Labute approximate surface area is 108 Å². The number of hydrogen-bond acceptors (Lipinski definition) is 4. The lowest BCUT2D eigenvalue weighted by Gasteiger charge is -2.20. The van der Waals surface area contributed by atoms with E-state index in [0.717, 1.165) is 37.4 Å². The van der Waals surface area contributed by atoms with Gasteiger partial charge in [0.2, 0.25) is 0 Å². The summed E-state index contributed by atoms with van der Waals surface area (Å²) in [6.45, 7) is 4.92. The normalized spacial score (nSPS) is 19.2. The highest BCUT2D eigenvalue weighted by molar-refractivity contribution is 5.62. The highest BCUT2D eigenvalue weighted by Gasteiger charge is 2.22. The minimum Gasteiger partial charge on any atom is -0.492 e. The van der Waals surface area contributed by atoms with Crippen molar-refractivity contribution in [1.82, 2.24) is 0 Å². The molecule has 0 amide bonds. The van der Waals surface area contributed by atoms with Crippen molar-refractivity contribution in [1.29, 1.82) is 0 Å². The number of benzene rings is 1. The van der Waals surface area contributed by atoms with Crippen molar-refractivity contribution in [2.24, 2.45) is 5.92 Å². The minimum absolute atomic E-state index is 0.282. The van der Waals surface area contributed by atoms with Gasteiger partial charge in [0.25, 0.3) is 0 Å². The van der Waals surface area contributed by atoms with E-state index in [1.165, 1.54) is 0 Å². The van der Waals surface area contributed by atoms with Crippen LogP contribution >= 0.6 is 0 Å². The molecule has 0 radical (unpaired) electrons. The van der Waals surface area contributed by atoms with E-state index < -0.39 is 0 Å². The molecule has 0 spiro atoms. The van der Waals surface area contributed by atoms with E-state index in [1.54, 1.807) is 0 Å². The van der Waals surface area contributed by atoms with Gasteiger partial charge in [-0.15, -0.1) is 0 Å². The molecule has 1 saturated heterocycles. The van der Waals surface area contributed by atoms with Crippen LogP contribution in [0.4, 0.5) is 11.4 Å². The van der Waals surface area contributed by atoms with Crippen LogP contribution in [-0.4, -0.2) is 31.4 Å². The van der Waals surface area contributed by atoms with Gasteiger partial charge in [-0.1, -0.05) is 0 Å². The zero-order chi connectivity index (χ0) is 13.0. The topological polar surface area (TPSA) is 58.7 Å². The van der Waals surface area contributed by atoms with E-state index in [2.05, 4.69) is 4.90 Å². The SMILES string of the molecule is CCOc1cc(N2CCC(CCO)C2)ccc1N. The number of nitrogens with zero attached hydrogens (tertiary/aromatic N) is 1. The van der Waals surface area contributed by atoms with Crippen LogP contribution in [0.2, 0.25) is 0 Å². The highest BCUT2D eigenvalue weighted by Crippen LogP contribution is 2.31. The molecule has 0 aromatic heterocycles. The smallest absolute Gasteiger partial charge is 0.144 e. The number of ether oxygens (including phenoxy) is 1. The third kappa shape index (κ3) is 2.88. The molecule has 1 aromatic carbocycles. The fraction of sp³-hybridized carbons (Fsp3) is 0.571. The molecule has 3 N–H and O–H groups in total. The number of anilines is 2. The number of aliphatic hydroxyl groups excluding tert-OH is 1. The van der Waals surface area contributed by atoms with Gasteiger partial charge < -0.3 is 20.5 Å². The predicted octanol–water partition coefficient (Wildman–Crippen LogP) is 1.88. The standard InChI is InChI=1S/C14H22N2O2/c1-2-18-14-9-12(3-4-13(14)15)16-7-5-11(10-16)6-8-17/h3-4,9,11,17H,2,5-8,10,15H2,1H3. The molecule has 1 aliphatic rings. The van der Waals surface area contributed by atoms with Gasteiger partial charge in [0.05, 0.1) is 12.3 Å². The summed E-state index contributed by atoms with van der Waals surface area (Å²) in [4.78, 5) is 2.34. The van der Waals surface area contributed by atoms with E-state index >= 15 is 0 Å². The van der Waals surface area contributed by atoms with Crippen molar-refractivity contribution in [3.63, 3.8) is 0 Å². The predicted molar refractivity (Wildman–Crippen MR) is 74.0 cm³/mol. The average molecular weight is 250 g/mol. The Morgan fingerprint density at radius 2 is 2.33 bits per heavy atom. The summed E-state index contributed by atoms with van der Waals surface area (Å²) in [7, 11) is 0. The molecule has 4 heteroatoms. The molecule has 18 heavy (non-hydrogen) atoms. The number of hydrogen-bond donors (Lipinski definition) is 2. The van der Waals surface area contributed by atoms with E-state index in [9.17, 15) is 0 Å². The van der Waals surface area contributed by atoms with Crippen LogP contribution in [0.1, 0.15) is 19.8 Å². The molecule has 1 fully saturated rings. The first-order chi connectivity index (χ1) is 8.74. The van der Waals surface area contributed by atoms with Gasteiger partial charge in [0, 0.05) is 31.5 Å². The molecule has 1 aromatic rings. The zero-order valence-electron chi connectivity index (χ0n) is 10.9. The summed E-state index contributed by atoms with van der Waals surface area (Å²) in [6.07, 6.45) is 2.04. The van der Waals surface area contributed by atoms with E-state index in [0.29, 0.717) is 18.2 Å². The number of nitrogen functional groups attached to an aromatic ring is 1. The summed E-state index contributed by atoms with van der Waals surface area (Å²) < 4.78 is 5.52. The largest absolute Gasteiger partial charge is 0.492 e. The fourth-order valence-electron chi connectivity index (χ4n) is 2.49. The average Bonchev–Trinajstić information content (AvgIpc) is 2.81. The molecule has 1 unspecified atom stereocenters. The number of nitrogens with two attached hydrogens (primary N) is 1. The number of aliphatic hydroxyl groups is 1. The highest BCUT2D eigenvalue weighted by atomic mass is 16.5. The Kier molecular flexibility index (Phi) is 4.31. The van der Waals surface area contributed by atoms with Crippen molar-refractivity contribution < 1.29 is 9.84 Å². The second-order valence-electron chi connectivity index (χ2n) is 4.77. The van der Waals surface area contributed by atoms with Crippen molar-refractivity contribution >= 4 is 11.4 Å². The first-order valence-corrected chi connectivity index (χ1v) is 6.62. The lowest BCUT2D eigenvalue weighted by atomic mass is 10.1. The summed E-state index contributed by atoms with van der Waals surface area (Å²) >= 11 is 0. The Hall–Kier alpha value is -1.42. The van der Waals surface area contributed by atoms with Gasteiger partial charge in [-0.25, -0.2) is 0 Å². The van der Waals surface area contributed by atoms with Crippen molar-refractivity contribution in [2.45, 2.75) is 19.8 Å². The monoisotopic (exact) mass is 250 g/mol. The maximum Gasteiger partial charge on any atom is 0.144 e. The third-order valence-corrected chi connectivity index (χ3v) is 3.49. The van der Waals surface area contributed by atoms with Crippen LogP contribution in [0, 0.1) is 5.92 Å². The molecular formula is C14H22N2O2. The number of rotatable bonds is 5. The molecule has 0 saturated carbocycles. The summed E-state index contributed by atoms with van der Waals surface area (Å²) in [5, 5.41) is 8.98. The maximum absolute atomic E-state index is 8.98. The van der Waals surface area contributed by atoms with Crippen LogP contribution in [0.25, 0.3) is 0 Å². The first kappa shape index (κ1) is 13.0. The zero-order valence-corrected chi connectivity index (χ0v) is 10.9. The molecular weight excluding hydrogens is 228 g/mol. The Balaban J connectivity index is 2.07. The molecule has 2 rings (SSSR count). The van der Waals surface area contributed by atoms with Crippen LogP contribution in [0.15, 0.2) is 18.2 Å². The van der Waals surface area contributed by atoms with Crippen LogP contribution < -0.4 is 15.4 Å². The van der Waals surface area contributed by atoms with E-state index in [1.807, 2.05) is 25.1 Å². The summed E-state index contributed by atoms with van der Waals surface area (Å²) in [6, 6.07) is 5.96. The molecule has 0 aliphatic carbocycles. The first-order valence-electron chi connectivity index (χ1n) is 6.62.